The second-order valence-corrected chi connectivity index (χ2v) is 17.2. The average molecular weight is 906 g/mol. The Morgan fingerprint density at radius 2 is 0.892 bits per heavy atom. The molecule has 0 aromatic heterocycles. The monoisotopic (exact) mass is 906 g/mol. The van der Waals surface area contributed by atoms with E-state index >= 15 is 0 Å². The Labute approximate surface area is 393 Å². The minimum absolute atomic E-state index is 0.0258. The fraction of sp³-hybridized carbons (Fsp3) is 0.655. The summed E-state index contributed by atoms with van der Waals surface area (Å²) >= 11 is 0. The molecule has 0 heterocycles. The number of nitrogens with one attached hydrogen (secondary N) is 1. The number of aliphatic hydroxyl groups excluding tert-OH is 1. The third kappa shape index (κ3) is 24.7. The van der Waals surface area contributed by atoms with E-state index < -0.39 is 11.7 Å². The highest BCUT2D eigenvalue weighted by Crippen LogP contribution is 2.41. The highest BCUT2D eigenvalue weighted by atomic mass is 16.6. The van der Waals surface area contributed by atoms with Gasteiger partial charge in [0.2, 0.25) is 5.91 Å². The summed E-state index contributed by atoms with van der Waals surface area (Å²) < 4.78 is 40.3. The third-order valence-electron chi connectivity index (χ3n) is 11.9. The van der Waals surface area contributed by atoms with Crippen molar-refractivity contribution >= 4 is 5.91 Å². The maximum Gasteiger partial charge on any atom is 0.219 e. The van der Waals surface area contributed by atoms with Gasteiger partial charge in [-0.25, -0.2) is 0 Å². The van der Waals surface area contributed by atoms with Crippen LogP contribution in [0, 0.1) is 0 Å². The summed E-state index contributed by atoms with van der Waals surface area (Å²) in [5.74, 6) is 1.62. The van der Waals surface area contributed by atoms with E-state index in [4.69, 9.17) is 33.2 Å². The van der Waals surface area contributed by atoms with Crippen molar-refractivity contribution in [2.75, 3.05) is 80.2 Å². The molecule has 0 spiro atoms. The second kappa shape index (κ2) is 37.6. The number of unbranched alkanes of at least 4 members (excludes halogenated alkanes) is 18. The Bertz CT molecular complexity index is 1490. The SMILES string of the molecule is CCCCCCCCCCCCCCCCCCCCCC(=O)NCCCOCCOCCOCCOCC(O)COC(c1ccccc1)(c1ccc(OC)cc1)c1ccc(OC)cc1. The lowest BCUT2D eigenvalue weighted by atomic mass is 9.80. The van der Waals surface area contributed by atoms with Gasteiger partial charge < -0.3 is 43.6 Å². The third-order valence-corrected chi connectivity index (χ3v) is 11.9. The molecule has 1 atom stereocenters. The second-order valence-electron chi connectivity index (χ2n) is 17.2. The van der Waals surface area contributed by atoms with Crippen LogP contribution in [0.5, 0.6) is 11.5 Å². The maximum atomic E-state index is 12.2. The van der Waals surface area contributed by atoms with E-state index in [1.807, 2.05) is 78.9 Å². The molecule has 366 valence electrons. The van der Waals surface area contributed by atoms with E-state index in [1.165, 1.54) is 109 Å². The van der Waals surface area contributed by atoms with Gasteiger partial charge in [-0.1, -0.05) is 177 Å². The Hall–Kier alpha value is -3.51. The molecule has 0 fully saturated rings. The molecule has 3 aromatic rings. The fourth-order valence-corrected chi connectivity index (χ4v) is 8.08. The van der Waals surface area contributed by atoms with Gasteiger partial charge in [0.05, 0.1) is 67.1 Å². The first-order valence-electron chi connectivity index (χ1n) is 25.3. The summed E-state index contributed by atoms with van der Waals surface area (Å²) in [6, 6.07) is 25.6. The summed E-state index contributed by atoms with van der Waals surface area (Å²) in [5.41, 5.74) is 1.68. The summed E-state index contributed by atoms with van der Waals surface area (Å²) in [6.45, 7) is 6.21. The highest BCUT2D eigenvalue weighted by molar-refractivity contribution is 5.75. The van der Waals surface area contributed by atoms with Gasteiger partial charge in [0, 0.05) is 19.6 Å². The van der Waals surface area contributed by atoms with Crippen molar-refractivity contribution in [3.63, 3.8) is 0 Å². The Morgan fingerprint density at radius 3 is 1.34 bits per heavy atom. The van der Waals surface area contributed by atoms with E-state index in [-0.39, 0.29) is 19.1 Å². The zero-order chi connectivity index (χ0) is 46.3. The summed E-state index contributed by atoms with van der Waals surface area (Å²) in [6.07, 6.45) is 26.3. The van der Waals surface area contributed by atoms with Gasteiger partial charge in [0.1, 0.15) is 23.2 Å². The molecule has 0 saturated carbocycles. The summed E-state index contributed by atoms with van der Waals surface area (Å²) in [4.78, 5) is 12.2. The topological polar surface area (TPSA) is 114 Å². The molecule has 3 aromatic carbocycles. The molecule has 3 rings (SSSR count). The van der Waals surface area contributed by atoms with Crippen LogP contribution in [0.2, 0.25) is 0 Å². The number of methoxy groups -OCH3 is 2. The van der Waals surface area contributed by atoms with Gasteiger partial charge >= 0.3 is 0 Å². The first-order valence-corrected chi connectivity index (χ1v) is 25.3. The largest absolute Gasteiger partial charge is 0.497 e. The number of hydrogen-bond acceptors (Lipinski definition) is 9. The van der Waals surface area contributed by atoms with Crippen molar-refractivity contribution in [1.82, 2.24) is 5.32 Å². The van der Waals surface area contributed by atoms with Crippen molar-refractivity contribution in [3.8, 4) is 11.5 Å². The van der Waals surface area contributed by atoms with Gasteiger partial charge in [0.15, 0.2) is 0 Å². The van der Waals surface area contributed by atoms with E-state index in [0.717, 1.165) is 47.5 Å². The molecule has 65 heavy (non-hydrogen) atoms. The molecule has 0 radical (unpaired) electrons. The van der Waals surface area contributed by atoms with Crippen LogP contribution in [0.15, 0.2) is 78.9 Å². The zero-order valence-corrected chi connectivity index (χ0v) is 40.7. The maximum absolute atomic E-state index is 12.2. The van der Waals surface area contributed by atoms with Crippen LogP contribution in [-0.4, -0.2) is 97.3 Å². The smallest absolute Gasteiger partial charge is 0.219 e. The van der Waals surface area contributed by atoms with Gasteiger partial charge in [-0.15, -0.1) is 0 Å². The van der Waals surface area contributed by atoms with Crippen molar-refractivity contribution in [2.45, 2.75) is 153 Å². The lowest BCUT2D eigenvalue weighted by Crippen LogP contribution is -2.36. The number of hydrogen-bond donors (Lipinski definition) is 2. The summed E-state index contributed by atoms with van der Waals surface area (Å²) in [7, 11) is 3.28. The van der Waals surface area contributed by atoms with Crippen LogP contribution in [0.4, 0.5) is 0 Å². The first kappa shape index (κ1) is 55.8. The van der Waals surface area contributed by atoms with E-state index in [1.54, 1.807) is 14.2 Å². The quantitative estimate of drug-likeness (QED) is 0.0423. The predicted octanol–water partition coefficient (Wildman–Crippen LogP) is 11.8. The molecular formula is C55H87NO9. The molecule has 0 aliphatic rings. The van der Waals surface area contributed by atoms with Crippen LogP contribution in [0.1, 0.15) is 158 Å². The van der Waals surface area contributed by atoms with Crippen molar-refractivity contribution < 1.29 is 43.1 Å². The first-order chi connectivity index (χ1) is 32.0. The van der Waals surface area contributed by atoms with Crippen molar-refractivity contribution in [1.29, 1.82) is 0 Å². The Balaban J connectivity index is 1.12. The lowest BCUT2D eigenvalue weighted by molar-refractivity contribution is -0.121. The molecule has 1 unspecified atom stereocenters. The minimum Gasteiger partial charge on any atom is -0.497 e. The number of aliphatic hydroxyl groups is 1. The van der Waals surface area contributed by atoms with Gasteiger partial charge in [0.25, 0.3) is 0 Å². The number of benzene rings is 3. The van der Waals surface area contributed by atoms with Gasteiger partial charge in [-0.3, -0.25) is 4.79 Å². The molecule has 0 aliphatic carbocycles. The highest BCUT2D eigenvalue weighted by Gasteiger charge is 2.38. The number of carbonyl (C=O) groups is 1. The molecule has 0 aliphatic heterocycles. The van der Waals surface area contributed by atoms with E-state index in [2.05, 4.69) is 12.2 Å². The van der Waals surface area contributed by atoms with Gasteiger partial charge in [-0.05, 0) is 53.8 Å². The van der Waals surface area contributed by atoms with E-state index in [0.29, 0.717) is 59.2 Å². The van der Waals surface area contributed by atoms with Crippen LogP contribution in [0.3, 0.4) is 0 Å². The van der Waals surface area contributed by atoms with Crippen LogP contribution in [-0.2, 0) is 34.1 Å². The van der Waals surface area contributed by atoms with Crippen molar-refractivity contribution in [3.05, 3.63) is 95.6 Å². The van der Waals surface area contributed by atoms with Crippen LogP contribution in [0.25, 0.3) is 0 Å². The number of ether oxygens (including phenoxy) is 7. The van der Waals surface area contributed by atoms with Crippen molar-refractivity contribution in [2.24, 2.45) is 0 Å². The Kier molecular flexibility index (Phi) is 32.3. The number of rotatable bonds is 43. The Morgan fingerprint density at radius 1 is 0.492 bits per heavy atom. The number of amides is 1. The molecule has 2 N–H and O–H groups in total. The van der Waals surface area contributed by atoms with Gasteiger partial charge in [-0.2, -0.15) is 0 Å². The summed E-state index contributed by atoms with van der Waals surface area (Å²) in [5, 5.41) is 14.0. The molecule has 0 saturated heterocycles. The molecule has 10 heteroatoms. The van der Waals surface area contributed by atoms with E-state index in [9.17, 15) is 9.90 Å². The molecule has 10 nitrogen and oxygen atoms in total. The molecule has 0 bridgehead atoms. The minimum atomic E-state index is -1.02. The zero-order valence-electron chi connectivity index (χ0n) is 40.7. The molecule has 1 amide bonds. The lowest BCUT2D eigenvalue weighted by Gasteiger charge is -2.36. The average Bonchev–Trinajstić information content (AvgIpc) is 3.34. The standard InChI is InChI=1S/C55H87NO9/c1-4-5-6-7-8-9-10-11-12-13-14-15-16-17-18-19-20-21-25-29-54(58)56-38-26-39-61-40-41-62-42-43-63-44-45-64-46-51(57)47-65-55(48-27-23-22-24-28-48,49-30-34-52(59-2)35-31-49)50-32-36-53(60-3)37-33-50/h22-24,27-28,30-37,51,57H,4-21,25-26,29,38-47H2,1-3H3,(H,56,58). The normalized spacial score (nSPS) is 12.1. The number of carbonyl (C=O) groups excluding carboxylic acids is 1. The predicted molar refractivity (Wildman–Crippen MR) is 263 cm³/mol. The fourth-order valence-electron chi connectivity index (χ4n) is 8.08. The van der Waals surface area contributed by atoms with Crippen LogP contribution >= 0.6 is 0 Å². The molecular weight excluding hydrogens is 819 g/mol. The van der Waals surface area contributed by atoms with Crippen LogP contribution < -0.4 is 14.8 Å².